The number of carboxylic acids is 1. The van der Waals surface area contributed by atoms with Crippen molar-refractivity contribution >= 4 is 18.6 Å². The highest BCUT2D eigenvalue weighted by Gasteiger charge is 2.39. The minimum Gasteiger partial charge on any atom is -0.497 e. The predicted molar refractivity (Wildman–Crippen MR) is 52.1 cm³/mol. The van der Waals surface area contributed by atoms with Crippen LogP contribution in [0.1, 0.15) is 11.7 Å². The van der Waals surface area contributed by atoms with Gasteiger partial charge in [-0.05, 0) is 23.2 Å². The van der Waals surface area contributed by atoms with Crippen molar-refractivity contribution in [3.8, 4) is 5.75 Å². The van der Waals surface area contributed by atoms with Gasteiger partial charge in [0.25, 0.3) is 0 Å². The van der Waals surface area contributed by atoms with E-state index in [1.807, 2.05) is 0 Å². The number of ether oxygens (including phenoxy) is 1. The zero-order valence-corrected chi connectivity index (χ0v) is 8.01. The molecule has 1 atom stereocenters. The van der Waals surface area contributed by atoms with Gasteiger partial charge in [-0.1, -0.05) is 6.07 Å². The molecule has 0 spiro atoms. The lowest BCUT2D eigenvalue weighted by atomic mass is 9.79. The highest BCUT2D eigenvalue weighted by atomic mass is 16.5. The molecule has 0 fully saturated rings. The first-order chi connectivity index (χ1) is 7.13. The summed E-state index contributed by atoms with van der Waals surface area (Å²) in [6, 6.07) is 4.79. The maximum Gasteiger partial charge on any atom is 0.492 e. The van der Waals surface area contributed by atoms with E-state index in [1.165, 1.54) is 7.11 Å². The van der Waals surface area contributed by atoms with Gasteiger partial charge in [0, 0.05) is 0 Å². The molecular formula is C9H9BO5. The molecule has 2 N–H and O–H groups in total. The van der Waals surface area contributed by atoms with Crippen molar-refractivity contribution in [3.63, 3.8) is 0 Å². The molecule has 1 aromatic rings. The molecule has 0 saturated carbocycles. The standard InChI is InChI=1S/C9H9BO5/c1-14-5-2-3-6-7(4-5)10(13)15-8(6)9(11)12/h2-4,8,13H,1H3,(H,11,12). The van der Waals surface area contributed by atoms with Gasteiger partial charge in [-0.25, -0.2) is 4.79 Å². The Morgan fingerprint density at radius 3 is 2.93 bits per heavy atom. The van der Waals surface area contributed by atoms with E-state index in [4.69, 9.17) is 14.5 Å². The Kier molecular flexibility index (Phi) is 2.38. The number of fused-ring (bicyclic) bond motifs is 1. The van der Waals surface area contributed by atoms with E-state index < -0.39 is 19.2 Å². The van der Waals surface area contributed by atoms with E-state index in [-0.39, 0.29) is 0 Å². The number of hydrogen-bond donors (Lipinski definition) is 2. The summed E-state index contributed by atoms with van der Waals surface area (Å²) in [7, 11) is 0.301. The lowest BCUT2D eigenvalue weighted by Gasteiger charge is -2.06. The van der Waals surface area contributed by atoms with Crippen LogP contribution in [0, 0.1) is 0 Å². The Balaban J connectivity index is 2.45. The number of rotatable bonds is 2. The zero-order chi connectivity index (χ0) is 11.0. The van der Waals surface area contributed by atoms with Crippen LogP contribution >= 0.6 is 0 Å². The molecule has 78 valence electrons. The van der Waals surface area contributed by atoms with Gasteiger partial charge in [0.1, 0.15) is 5.75 Å². The van der Waals surface area contributed by atoms with Crippen molar-refractivity contribution in [1.29, 1.82) is 0 Å². The molecule has 1 aliphatic heterocycles. The summed E-state index contributed by atoms with van der Waals surface area (Å²) in [5.74, 6) is -0.555. The van der Waals surface area contributed by atoms with Crippen molar-refractivity contribution in [3.05, 3.63) is 23.8 Å². The third-order valence-corrected chi connectivity index (χ3v) is 2.33. The number of carboxylic acid groups (broad SMARTS) is 1. The van der Waals surface area contributed by atoms with Crippen LogP contribution in [0.2, 0.25) is 0 Å². The number of hydrogen-bond acceptors (Lipinski definition) is 4. The van der Waals surface area contributed by atoms with Crippen LogP contribution in [0.3, 0.4) is 0 Å². The van der Waals surface area contributed by atoms with Crippen molar-refractivity contribution in [2.24, 2.45) is 0 Å². The van der Waals surface area contributed by atoms with Crippen LogP contribution in [0.15, 0.2) is 18.2 Å². The van der Waals surface area contributed by atoms with Crippen molar-refractivity contribution in [1.82, 2.24) is 0 Å². The van der Waals surface area contributed by atoms with Gasteiger partial charge in [0.05, 0.1) is 7.11 Å². The Bertz CT molecular complexity index is 405. The van der Waals surface area contributed by atoms with Crippen LogP contribution in [0.25, 0.3) is 0 Å². The molecule has 1 heterocycles. The molecular weight excluding hydrogens is 199 g/mol. The number of aliphatic carboxylic acids is 1. The summed E-state index contributed by atoms with van der Waals surface area (Å²) in [4.78, 5) is 10.8. The molecule has 0 amide bonds. The molecule has 0 saturated heterocycles. The predicted octanol–water partition coefficient (Wildman–Crippen LogP) is -0.461. The van der Waals surface area contributed by atoms with Crippen molar-refractivity contribution in [2.75, 3.05) is 7.11 Å². The normalized spacial score (nSPS) is 18.8. The molecule has 0 aromatic heterocycles. The summed E-state index contributed by atoms with van der Waals surface area (Å²) >= 11 is 0. The molecule has 0 aliphatic carbocycles. The van der Waals surface area contributed by atoms with Crippen LogP contribution in [-0.2, 0) is 9.45 Å². The largest absolute Gasteiger partial charge is 0.497 e. The fourth-order valence-corrected chi connectivity index (χ4v) is 1.60. The van der Waals surface area contributed by atoms with Gasteiger partial charge < -0.3 is 19.5 Å². The van der Waals surface area contributed by atoms with Crippen molar-refractivity contribution in [2.45, 2.75) is 6.10 Å². The third-order valence-electron chi connectivity index (χ3n) is 2.33. The Hall–Kier alpha value is -1.53. The zero-order valence-electron chi connectivity index (χ0n) is 8.01. The second-order valence-electron chi connectivity index (χ2n) is 3.20. The second kappa shape index (κ2) is 3.56. The first kappa shape index (κ1) is 10.0. The highest BCUT2D eigenvalue weighted by Crippen LogP contribution is 2.25. The average Bonchev–Trinajstić information content (AvgIpc) is 2.56. The molecule has 5 nitrogen and oxygen atoms in total. The lowest BCUT2D eigenvalue weighted by molar-refractivity contribution is -0.145. The Labute approximate surface area is 86.4 Å². The number of methoxy groups -OCH3 is 1. The van der Waals surface area contributed by atoms with E-state index in [0.29, 0.717) is 16.8 Å². The number of carbonyl (C=O) groups is 1. The smallest absolute Gasteiger partial charge is 0.492 e. The SMILES string of the molecule is COc1ccc2c(c1)B(O)OC2C(=O)O. The lowest BCUT2D eigenvalue weighted by Crippen LogP contribution is -2.28. The molecule has 1 aliphatic rings. The third kappa shape index (κ3) is 1.58. The van der Waals surface area contributed by atoms with E-state index in [1.54, 1.807) is 18.2 Å². The van der Waals surface area contributed by atoms with Gasteiger partial charge in [0.15, 0.2) is 6.10 Å². The summed E-state index contributed by atoms with van der Waals surface area (Å²) < 4.78 is 9.86. The molecule has 15 heavy (non-hydrogen) atoms. The second-order valence-corrected chi connectivity index (χ2v) is 3.20. The van der Waals surface area contributed by atoms with E-state index in [2.05, 4.69) is 0 Å². The number of benzene rings is 1. The minimum absolute atomic E-state index is 0.446. The monoisotopic (exact) mass is 208 g/mol. The fourth-order valence-electron chi connectivity index (χ4n) is 1.60. The summed E-state index contributed by atoms with van der Waals surface area (Å²) in [6.45, 7) is 0. The first-order valence-electron chi connectivity index (χ1n) is 4.37. The molecule has 1 unspecified atom stereocenters. The van der Waals surface area contributed by atoms with Crippen LogP contribution in [0.5, 0.6) is 5.75 Å². The summed E-state index contributed by atoms with van der Waals surface area (Å²) in [6.07, 6.45) is -1.10. The van der Waals surface area contributed by atoms with Crippen LogP contribution < -0.4 is 10.2 Å². The first-order valence-corrected chi connectivity index (χ1v) is 4.37. The minimum atomic E-state index is -1.20. The van der Waals surface area contributed by atoms with Crippen LogP contribution in [-0.4, -0.2) is 30.3 Å². The molecule has 6 heteroatoms. The van der Waals surface area contributed by atoms with Crippen LogP contribution in [0.4, 0.5) is 0 Å². The summed E-state index contributed by atoms with van der Waals surface area (Å²) in [5, 5.41) is 18.3. The van der Waals surface area contributed by atoms with Gasteiger partial charge in [-0.3, -0.25) is 0 Å². The van der Waals surface area contributed by atoms with E-state index in [9.17, 15) is 9.82 Å². The van der Waals surface area contributed by atoms with E-state index in [0.717, 1.165) is 0 Å². The van der Waals surface area contributed by atoms with Gasteiger partial charge >= 0.3 is 13.1 Å². The average molecular weight is 208 g/mol. The maximum absolute atomic E-state index is 10.8. The van der Waals surface area contributed by atoms with Gasteiger partial charge in [0.2, 0.25) is 0 Å². The Morgan fingerprint density at radius 1 is 1.60 bits per heavy atom. The molecule has 2 rings (SSSR count). The molecule has 1 aromatic carbocycles. The van der Waals surface area contributed by atoms with E-state index >= 15 is 0 Å². The molecule has 0 bridgehead atoms. The van der Waals surface area contributed by atoms with Gasteiger partial charge in [-0.2, -0.15) is 0 Å². The maximum atomic E-state index is 10.8. The van der Waals surface area contributed by atoms with Crippen molar-refractivity contribution < 1.29 is 24.3 Å². The fraction of sp³-hybridized carbons (Fsp3) is 0.222. The topological polar surface area (TPSA) is 76.0 Å². The van der Waals surface area contributed by atoms with Gasteiger partial charge in [-0.15, -0.1) is 0 Å². The molecule has 0 radical (unpaired) electrons. The highest BCUT2D eigenvalue weighted by molar-refractivity contribution is 6.62. The Morgan fingerprint density at radius 2 is 2.33 bits per heavy atom. The quantitative estimate of drug-likeness (QED) is 0.643. The summed E-state index contributed by atoms with van der Waals surface area (Å²) in [5.41, 5.74) is 0.914.